The predicted molar refractivity (Wildman–Crippen MR) is 82.5 cm³/mol. The van der Waals surface area contributed by atoms with Crippen LogP contribution >= 0.6 is 23.4 Å². The van der Waals surface area contributed by atoms with Crippen molar-refractivity contribution in [2.45, 2.75) is 25.0 Å². The highest BCUT2D eigenvalue weighted by Gasteiger charge is 2.12. The summed E-state index contributed by atoms with van der Waals surface area (Å²) >= 11 is 7.20. The van der Waals surface area contributed by atoms with Crippen molar-refractivity contribution in [1.29, 1.82) is 0 Å². The number of fused-ring (bicyclic) bond motifs is 1. The van der Waals surface area contributed by atoms with Gasteiger partial charge in [-0.3, -0.25) is 4.79 Å². The van der Waals surface area contributed by atoms with Gasteiger partial charge in [-0.2, -0.15) is 0 Å². The van der Waals surface area contributed by atoms with E-state index in [0.717, 1.165) is 24.0 Å². The van der Waals surface area contributed by atoms with Crippen LogP contribution in [0.25, 0.3) is 11.0 Å². The van der Waals surface area contributed by atoms with Crippen LogP contribution in [-0.2, 0) is 11.3 Å². The first-order valence-corrected chi connectivity index (χ1v) is 7.59. The number of carbonyl (C=O) groups is 1. The Morgan fingerprint density at radius 1 is 1.55 bits per heavy atom. The molecule has 4 nitrogen and oxygen atoms in total. The Morgan fingerprint density at radius 2 is 2.35 bits per heavy atom. The molecule has 2 rings (SSSR count). The van der Waals surface area contributed by atoms with E-state index in [1.165, 1.54) is 11.8 Å². The largest absolute Gasteiger partial charge is 0.481 e. The van der Waals surface area contributed by atoms with Crippen molar-refractivity contribution < 1.29 is 9.90 Å². The molecule has 0 radical (unpaired) electrons. The highest BCUT2D eigenvalue weighted by Crippen LogP contribution is 2.26. The molecule has 106 valence electrons. The lowest BCUT2D eigenvalue weighted by Gasteiger charge is -2.06. The van der Waals surface area contributed by atoms with Crippen LogP contribution < -0.4 is 0 Å². The highest BCUT2D eigenvalue weighted by molar-refractivity contribution is 7.99. The SMILES string of the molecule is C/C=C/CCn1c(SCC(=O)O)nc2cc(Cl)ccc21. The summed E-state index contributed by atoms with van der Waals surface area (Å²) in [5, 5.41) is 10.2. The summed E-state index contributed by atoms with van der Waals surface area (Å²) in [5.41, 5.74) is 1.78. The van der Waals surface area contributed by atoms with Gasteiger partial charge in [0, 0.05) is 11.6 Å². The molecule has 1 heterocycles. The fourth-order valence-electron chi connectivity index (χ4n) is 1.90. The predicted octanol–water partition coefficient (Wildman–Crippen LogP) is 3.83. The average molecular weight is 311 g/mol. The number of carboxylic acid groups (broad SMARTS) is 1. The number of imidazole rings is 1. The molecule has 1 aromatic heterocycles. The van der Waals surface area contributed by atoms with E-state index in [1.54, 1.807) is 6.07 Å². The molecule has 2 aromatic rings. The van der Waals surface area contributed by atoms with Crippen LogP contribution in [0, 0.1) is 0 Å². The number of benzene rings is 1. The Hall–Kier alpha value is -1.46. The maximum atomic E-state index is 10.7. The minimum absolute atomic E-state index is 0.000666. The lowest BCUT2D eigenvalue weighted by Crippen LogP contribution is -2.03. The van der Waals surface area contributed by atoms with Crippen molar-refractivity contribution in [3.8, 4) is 0 Å². The van der Waals surface area contributed by atoms with Crippen LogP contribution in [0.3, 0.4) is 0 Å². The van der Waals surface area contributed by atoms with Gasteiger partial charge in [-0.25, -0.2) is 4.98 Å². The van der Waals surface area contributed by atoms with Gasteiger partial charge in [0.1, 0.15) is 0 Å². The van der Waals surface area contributed by atoms with Crippen molar-refractivity contribution >= 4 is 40.4 Å². The molecule has 0 aliphatic rings. The van der Waals surface area contributed by atoms with Crippen LogP contribution in [0.1, 0.15) is 13.3 Å². The molecule has 0 bridgehead atoms. The minimum atomic E-state index is -0.847. The summed E-state index contributed by atoms with van der Waals surface area (Å²) in [6, 6.07) is 5.54. The number of rotatable bonds is 6. The summed E-state index contributed by atoms with van der Waals surface area (Å²) in [6.45, 7) is 2.75. The molecule has 0 unspecified atom stereocenters. The topological polar surface area (TPSA) is 55.1 Å². The van der Waals surface area contributed by atoms with Crippen molar-refractivity contribution in [3.63, 3.8) is 0 Å². The highest BCUT2D eigenvalue weighted by atomic mass is 35.5. The van der Waals surface area contributed by atoms with Crippen LogP contribution in [-0.4, -0.2) is 26.4 Å². The van der Waals surface area contributed by atoms with Gasteiger partial charge < -0.3 is 9.67 Å². The van der Waals surface area contributed by atoms with Gasteiger partial charge in [-0.15, -0.1) is 0 Å². The number of hydrogen-bond donors (Lipinski definition) is 1. The van der Waals surface area contributed by atoms with E-state index >= 15 is 0 Å². The first kappa shape index (κ1) is 14.9. The number of nitrogens with zero attached hydrogens (tertiary/aromatic N) is 2. The first-order chi connectivity index (χ1) is 9.61. The second-order valence-electron chi connectivity index (χ2n) is 4.22. The molecule has 1 aromatic carbocycles. The van der Waals surface area contributed by atoms with E-state index in [4.69, 9.17) is 16.7 Å². The van der Waals surface area contributed by atoms with E-state index in [9.17, 15) is 4.79 Å². The normalized spacial score (nSPS) is 11.5. The van der Waals surface area contributed by atoms with E-state index in [0.29, 0.717) is 10.2 Å². The molecule has 0 atom stereocenters. The molecule has 1 N–H and O–H groups in total. The van der Waals surface area contributed by atoms with Crippen molar-refractivity contribution in [2.24, 2.45) is 0 Å². The number of aryl methyl sites for hydroxylation is 1. The molecule has 0 fully saturated rings. The fourth-order valence-corrected chi connectivity index (χ4v) is 2.83. The van der Waals surface area contributed by atoms with Gasteiger partial charge in [0.05, 0.1) is 16.8 Å². The standard InChI is InChI=1S/C14H15ClN2O2S/c1-2-3-4-7-17-12-6-5-10(15)8-11(12)16-14(17)20-9-13(18)19/h2-3,5-6,8H,4,7,9H2,1H3,(H,18,19)/b3-2+. The van der Waals surface area contributed by atoms with Crippen molar-refractivity contribution in [3.05, 3.63) is 35.4 Å². The zero-order valence-electron chi connectivity index (χ0n) is 11.0. The lowest BCUT2D eigenvalue weighted by atomic mass is 10.3. The quantitative estimate of drug-likeness (QED) is 0.650. The first-order valence-electron chi connectivity index (χ1n) is 6.23. The third-order valence-corrected chi connectivity index (χ3v) is 3.95. The summed E-state index contributed by atoms with van der Waals surface area (Å²) in [5.74, 6) is -0.846. The molecule has 0 aliphatic carbocycles. The summed E-state index contributed by atoms with van der Waals surface area (Å²) in [7, 11) is 0. The van der Waals surface area contributed by atoms with Gasteiger partial charge in [0.15, 0.2) is 5.16 Å². The van der Waals surface area contributed by atoms with Gasteiger partial charge in [-0.1, -0.05) is 35.5 Å². The molecule has 0 aliphatic heterocycles. The zero-order chi connectivity index (χ0) is 14.5. The molecule has 0 spiro atoms. The van der Waals surface area contributed by atoms with Gasteiger partial charge in [0.2, 0.25) is 0 Å². The molecule has 6 heteroatoms. The molecular formula is C14H15ClN2O2S. The van der Waals surface area contributed by atoms with Gasteiger partial charge >= 0.3 is 5.97 Å². The smallest absolute Gasteiger partial charge is 0.313 e. The zero-order valence-corrected chi connectivity index (χ0v) is 12.6. The average Bonchev–Trinajstić information content (AvgIpc) is 2.74. The van der Waals surface area contributed by atoms with Crippen LogP contribution in [0.2, 0.25) is 5.02 Å². The number of hydrogen-bond acceptors (Lipinski definition) is 3. The monoisotopic (exact) mass is 310 g/mol. The molecule has 20 heavy (non-hydrogen) atoms. The van der Waals surface area contributed by atoms with E-state index < -0.39 is 5.97 Å². The lowest BCUT2D eigenvalue weighted by molar-refractivity contribution is -0.133. The minimum Gasteiger partial charge on any atom is -0.481 e. The van der Waals surface area contributed by atoms with Crippen molar-refractivity contribution in [2.75, 3.05) is 5.75 Å². The number of halogens is 1. The second kappa shape index (κ2) is 6.81. The third-order valence-electron chi connectivity index (χ3n) is 2.76. The summed E-state index contributed by atoms with van der Waals surface area (Å²) in [4.78, 5) is 15.2. The van der Waals surface area contributed by atoms with E-state index in [1.807, 2.05) is 29.7 Å². The van der Waals surface area contributed by atoms with E-state index in [-0.39, 0.29) is 5.75 Å². The van der Waals surface area contributed by atoms with Crippen LogP contribution in [0.4, 0.5) is 0 Å². The maximum absolute atomic E-state index is 10.7. The van der Waals surface area contributed by atoms with Crippen LogP contribution in [0.15, 0.2) is 35.5 Å². The van der Waals surface area contributed by atoms with Gasteiger partial charge in [-0.05, 0) is 31.5 Å². The Balaban J connectivity index is 2.36. The summed E-state index contributed by atoms with van der Waals surface area (Å²) < 4.78 is 2.04. The molecule has 0 amide bonds. The Bertz CT molecular complexity index is 652. The Labute approximate surface area is 126 Å². The number of carboxylic acids is 1. The van der Waals surface area contributed by atoms with Crippen molar-refractivity contribution in [1.82, 2.24) is 9.55 Å². The maximum Gasteiger partial charge on any atom is 0.313 e. The third kappa shape index (κ3) is 3.55. The summed E-state index contributed by atoms with van der Waals surface area (Å²) in [6.07, 6.45) is 4.96. The van der Waals surface area contributed by atoms with E-state index in [2.05, 4.69) is 11.1 Å². The fraction of sp³-hybridized carbons (Fsp3) is 0.286. The number of aliphatic carboxylic acids is 1. The molecule has 0 saturated heterocycles. The Kier molecular flexibility index (Phi) is 5.09. The van der Waals surface area contributed by atoms with Crippen LogP contribution in [0.5, 0.6) is 0 Å². The molecular weight excluding hydrogens is 296 g/mol. The Morgan fingerprint density at radius 3 is 3.05 bits per heavy atom. The molecule has 0 saturated carbocycles. The van der Waals surface area contributed by atoms with Gasteiger partial charge in [0.25, 0.3) is 0 Å². The second-order valence-corrected chi connectivity index (χ2v) is 5.60. The number of thioether (sulfide) groups is 1. The number of allylic oxidation sites excluding steroid dienone is 2. The number of aromatic nitrogens is 2.